The molecule has 2 aromatic rings. The summed E-state index contributed by atoms with van der Waals surface area (Å²) >= 11 is 0. The van der Waals surface area contributed by atoms with Crippen molar-refractivity contribution in [1.82, 2.24) is 9.88 Å². The highest BCUT2D eigenvalue weighted by molar-refractivity contribution is 7.88. The van der Waals surface area contributed by atoms with Gasteiger partial charge in [0.25, 0.3) is 5.69 Å². The van der Waals surface area contributed by atoms with Crippen LogP contribution in [0, 0.1) is 10.1 Å². The smallest absolute Gasteiger partial charge is 0.269 e. The number of hydrogen-bond acceptors (Lipinski definition) is 6. The maximum absolute atomic E-state index is 12.1. The summed E-state index contributed by atoms with van der Waals surface area (Å²) in [5, 5.41) is 14.6. The van der Waals surface area contributed by atoms with Crippen LogP contribution in [0.15, 0.2) is 34.9 Å². The van der Waals surface area contributed by atoms with Crippen LogP contribution >= 0.6 is 0 Å². The van der Waals surface area contributed by atoms with Gasteiger partial charge in [0.05, 0.1) is 22.9 Å². The van der Waals surface area contributed by atoms with Crippen molar-refractivity contribution >= 4 is 15.7 Å². The maximum atomic E-state index is 12.1. The standard InChI is InChI=1S/C14H17N3O5S/c1-10(2)14-7-13(22-16-14)8-15-23(20,21)9-11-4-3-5-12(6-11)17(18)19/h3-7,10,15H,8-9H2,1-2H3. The first-order valence-electron chi connectivity index (χ1n) is 6.93. The van der Waals surface area contributed by atoms with Crippen molar-refractivity contribution in [3.8, 4) is 0 Å². The molecule has 1 aromatic carbocycles. The fourth-order valence-corrected chi connectivity index (χ4v) is 2.98. The first-order valence-corrected chi connectivity index (χ1v) is 8.58. The second-order valence-electron chi connectivity index (χ2n) is 5.38. The van der Waals surface area contributed by atoms with Crippen molar-refractivity contribution in [2.45, 2.75) is 32.1 Å². The Hall–Kier alpha value is -2.26. The first-order chi connectivity index (χ1) is 10.8. The number of aromatic nitrogens is 1. The predicted octanol–water partition coefficient (Wildman–Crippen LogP) is 2.33. The molecule has 9 heteroatoms. The molecular formula is C14H17N3O5S. The second kappa shape index (κ2) is 6.88. The van der Waals surface area contributed by atoms with Crippen LogP contribution in [-0.2, 0) is 22.3 Å². The van der Waals surface area contributed by atoms with E-state index < -0.39 is 14.9 Å². The summed E-state index contributed by atoms with van der Waals surface area (Å²) in [5.41, 5.74) is 0.944. The molecule has 0 aliphatic rings. The predicted molar refractivity (Wildman–Crippen MR) is 83.2 cm³/mol. The normalized spacial score (nSPS) is 11.8. The molecule has 0 saturated carbocycles. The Morgan fingerprint density at radius 3 is 2.70 bits per heavy atom. The third-order valence-corrected chi connectivity index (χ3v) is 4.41. The molecule has 8 nitrogen and oxygen atoms in total. The van der Waals surface area contributed by atoms with Crippen LogP contribution in [-0.4, -0.2) is 18.5 Å². The number of non-ortho nitro benzene ring substituents is 1. The van der Waals surface area contributed by atoms with Crippen molar-refractivity contribution in [2.24, 2.45) is 0 Å². The SMILES string of the molecule is CC(C)c1cc(CNS(=O)(=O)Cc2cccc([N+](=O)[O-])c2)on1. The van der Waals surface area contributed by atoms with Crippen molar-refractivity contribution in [2.75, 3.05) is 0 Å². The number of rotatable bonds is 7. The highest BCUT2D eigenvalue weighted by Gasteiger charge is 2.16. The summed E-state index contributed by atoms with van der Waals surface area (Å²) in [5.74, 6) is 0.255. The third kappa shape index (κ3) is 4.86. The number of sulfonamides is 1. The van der Waals surface area contributed by atoms with Crippen molar-refractivity contribution in [3.05, 3.63) is 57.5 Å². The molecule has 0 bridgehead atoms. The van der Waals surface area contributed by atoms with Gasteiger partial charge in [0.15, 0.2) is 5.76 Å². The lowest BCUT2D eigenvalue weighted by molar-refractivity contribution is -0.384. The zero-order chi connectivity index (χ0) is 17.0. The zero-order valence-electron chi connectivity index (χ0n) is 12.7. The Balaban J connectivity index is 2.01. The van der Waals surface area contributed by atoms with E-state index >= 15 is 0 Å². The molecular weight excluding hydrogens is 322 g/mol. The molecule has 1 aromatic heterocycles. The Kier molecular flexibility index (Phi) is 5.12. The molecule has 0 spiro atoms. The van der Waals surface area contributed by atoms with Crippen LogP contribution in [0.5, 0.6) is 0 Å². The van der Waals surface area contributed by atoms with E-state index in [1.54, 1.807) is 6.07 Å². The quantitative estimate of drug-likeness (QED) is 0.611. The molecule has 0 amide bonds. The van der Waals surface area contributed by atoms with Crippen LogP contribution in [0.4, 0.5) is 5.69 Å². The summed E-state index contributed by atoms with van der Waals surface area (Å²) in [7, 11) is -3.65. The van der Waals surface area contributed by atoms with E-state index in [4.69, 9.17) is 4.52 Å². The van der Waals surface area contributed by atoms with Crippen LogP contribution in [0.2, 0.25) is 0 Å². The van der Waals surface area contributed by atoms with Gasteiger partial charge in [-0.1, -0.05) is 31.1 Å². The molecule has 0 atom stereocenters. The van der Waals surface area contributed by atoms with E-state index in [1.165, 1.54) is 24.3 Å². The van der Waals surface area contributed by atoms with Gasteiger partial charge < -0.3 is 4.52 Å². The molecule has 2 rings (SSSR count). The average molecular weight is 339 g/mol. The monoisotopic (exact) mass is 339 g/mol. The van der Waals surface area contributed by atoms with Crippen LogP contribution in [0.1, 0.15) is 36.8 Å². The van der Waals surface area contributed by atoms with E-state index in [2.05, 4.69) is 9.88 Å². The topological polar surface area (TPSA) is 115 Å². The van der Waals surface area contributed by atoms with Gasteiger partial charge in [-0.3, -0.25) is 10.1 Å². The van der Waals surface area contributed by atoms with Gasteiger partial charge in [-0.25, -0.2) is 13.1 Å². The van der Waals surface area contributed by atoms with Crippen molar-refractivity contribution < 1.29 is 17.9 Å². The minimum absolute atomic E-state index is 0.0169. The number of nitro benzene ring substituents is 1. The molecule has 0 radical (unpaired) electrons. The number of nitro groups is 1. The molecule has 0 aliphatic carbocycles. The summed E-state index contributed by atoms with van der Waals surface area (Å²) < 4.78 is 31.6. The summed E-state index contributed by atoms with van der Waals surface area (Å²) in [4.78, 5) is 10.1. The Morgan fingerprint density at radius 1 is 1.35 bits per heavy atom. The van der Waals surface area contributed by atoms with Crippen LogP contribution < -0.4 is 4.72 Å². The maximum Gasteiger partial charge on any atom is 0.269 e. The van der Waals surface area contributed by atoms with Crippen LogP contribution in [0.3, 0.4) is 0 Å². The summed E-state index contributed by atoms with van der Waals surface area (Å²) in [6.07, 6.45) is 0. The average Bonchev–Trinajstić information content (AvgIpc) is 2.94. The first kappa shape index (κ1) is 17.1. The van der Waals surface area contributed by atoms with E-state index in [0.717, 1.165) is 5.69 Å². The van der Waals surface area contributed by atoms with E-state index in [0.29, 0.717) is 11.3 Å². The van der Waals surface area contributed by atoms with Gasteiger partial charge in [-0.15, -0.1) is 0 Å². The highest BCUT2D eigenvalue weighted by atomic mass is 32.2. The fraction of sp³-hybridized carbons (Fsp3) is 0.357. The highest BCUT2D eigenvalue weighted by Crippen LogP contribution is 2.16. The number of benzene rings is 1. The van der Waals surface area contributed by atoms with Gasteiger partial charge in [0.1, 0.15) is 0 Å². The molecule has 0 saturated heterocycles. The Bertz CT molecular complexity index is 798. The molecule has 23 heavy (non-hydrogen) atoms. The minimum atomic E-state index is -3.65. The third-order valence-electron chi connectivity index (χ3n) is 3.11. The van der Waals surface area contributed by atoms with Gasteiger partial charge in [0, 0.05) is 18.2 Å². The Morgan fingerprint density at radius 2 is 2.09 bits per heavy atom. The molecule has 1 N–H and O–H groups in total. The molecule has 0 unspecified atom stereocenters. The van der Waals surface area contributed by atoms with E-state index in [1.807, 2.05) is 13.8 Å². The summed E-state index contributed by atoms with van der Waals surface area (Å²) in [6.45, 7) is 3.89. The lowest BCUT2D eigenvalue weighted by atomic mass is 10.1. The molecule has 0 aliphatic heterocycles. The fourth-order valence-electron chi connectivity index (χ4n) is 1.90. The largest absolute Gasteiger partial charge is 0.360 e. The van der Waals surface area contributed by atoms with Gasteiger partial charge in [-0.05, 0) is 11.5 Å². The van der Waals surface area contributed by atoms with Crippen molar-refractivity contribution in [1.29, 1.82) is 0 Å². The Labute approximate surface area is 133 Å². The lowest BCUT2D eigenvalue weighted by Gasteiger charge is -2.05. The number of nitrogens with zero attached hydrogens (tertiary/aromatic N) is 2. The van der Waals surface area contributed by atoms with E-state index in [9.17, 15) is 18.5 Å². The van der Waals surface area contributed by atoms with Gasteiger partial charge in [-0.2, -0.15) is 0 Å². The van der Waals surface area contributed by atoms with Crippen LogP contribution in [0.25, 0.3) is 0 Å². The second-order valence-corrected chi connectivity index (χ2v) is 7.19. The summed E-state index contributed by atoms with van der Waals surface area (Å²) in [6, 6.07) is 7.22. The molecule has 0 fully saturated rings. The number of nitrogens with one attached hydrogen (secondary N) is 1. The van der Waals surface area contributed by atoms with Gasteiger partial charge in [0.2, 0.25) is 10.0 Å². The number of hydrogen-bond donors (Lipinski definition) is 1. The van der Waals surface area contributed by atoms with Gasteiger partial charge >= 0.3 is 0 Å². The zero-order valence-corrected chi connectivity index (χ0v) is 13.5. The minimum Gasteiger partial charge on any atom is -0.360 e. The molecule has 124 valence electrons. The molecule has 1 heterocycles. The van der Waals surface area contributed by atoms with E-state index in [-0.39, 0.29) is 23.9 Å². The lowest BCUT2D eigenvalue weighted by Crippen LogP contribution is -2.24. The van der Waals surface area contributed by atoms with Crippen molar-refractivity contribution in [3.63, 3.8) is 0 Å².